The maximum Gasteiger partial charge on any atom is 0.109 e. The second kappa shape index (κ2) is 3.73. The fraction of sp³-hybridized carbons (Fsp3) is 1.00. The van der Waals surface area contributed by atoms with E-state index in [-0.39, 0.29) is 5.60 Å². The predicted molar refractivity (Wildman–Crippen MR) is 43.2 cm³/mol. The van der Waals surface area contributed by atoms with Gasteiger partial charge in [0.15, 0.2) is 0 Å². The SMILES string of the molecule is C1CCCC2(CC1)CCOOO2. The molecule has 0 N–H and O–H groups in total. The molecular formula is C9H16O3. The minimum atomic E-state index is -0.00521. The first-order valence-corrected chi connectivity index (χ1v) is 4.89. The zero-order valence-corrected chi connectivity index (χ0v) is 7.38. The van der Waals surface area contributed by atoms with Gasteiger partial charge in [0.2, 0.25) is 0 Å². The lowest BCUT2D eigenvalue weighted by Crippen LogP contribution is -2.37. The van der Waals surface area contributed by atoms with E-state index in [1.807, 2.05) is 0 Å². The van der Waals surface area contributed by atoms with Crippen molar-refractivity contribution in [3.8, 4) is 0 Å². The Morgan fingerprint density at radius 3 is 2.17 bits per heavy atom. The molecule has 3 nitrogen and oxygen atoms in total. The van der Waals surface area contributed by atoms with Crippen molar-refractivity contribution in [2.75, 3.05) is 6.61 Å². The highest BCUT2D eigenvalue weighted by Crippen LogP contribution is 2.35. The third-order valence-corrected chi connectivity index (χ3v) is 2.91. The van der Waals surface area contributed by atoms with Gasteiger partial charge in [0.05, 0.1) is 6.61 Å². The highest BCUT2D eigenvalue weighted by molar-refractivity contribution is 4.82. The average Bonchev–Trinajstić information content (AvgIpc) is 2.33. The summed E-state index contributed by atoms with van der Waals surface area (Å²) in [6.07, 6.45) is 8.48. The molecule has 0 atom stereocenters. The molecule has 0 aromatic rings. The molecule has 12 heavy (non-hydrogen) atoms. The highest BCUT2D eigenvalue weighted by atomic mass is 17.5. The molecule has 0 bridgehead atoms. The van der Waals surface area contributed by atoms with Gasteiger partial charge in [-0.15, -0.1) is 0 Å². The summed E-state index contributed by atoms with van der Waals surface area (Å²) >= 11 is 0. The Bertz CT molecular complexity index is 131. The Morgan fingerprint density at radius 2 is 1.58 bits per heavy atom. The summed E-state index contributed by atoms with van der Waals surface area (Å²) in [7, 11) is 0. The minimum absolute atomic E-state index is 0.00521. The van der Waals surface area contributed by atoms with E-state index in [2.05, 4.69) is 5.04 Å². The Labute approximate surface area is 72.8 Å². The monoisotopic (exact) mass is 172 g/mol. The fourth-order valence-corrected chi connectivity index (χ4v) is 2.11. The van der Waals surface area contributed by atoms with Crippen LogP contribution in [-0.2, 0) is 14.8 Å². The van der Waals surface area contributed by atoms with Crippen molar-refractivity contribution in [1.82, 2.24) is 0 Å². The van der Waals surface area contributed by atoms with Crippen LogP contribution >= 0.6 is 0 Å². The smallest absolute Gasteiger partial charge is 0.109 e. The van der Waals surface area contributed by atoms with Crippen LogP contribution in [0.15, 0.2) is 0 Å². The second-order valence-electron chi connectivity index (χ2n) is 3.82. The van der Waals surface area contributed by atoms with Crippen LogP contribution in [-0.4, -0.2) is 12.2 Å². The molecule has 2 fully saturated rings. The summed E-state index contributed by atoms with van der Waals surface area (Å²) in [6.45, 7) is 0.681. The number of hydrogen-bond acceptors (Lipinski definition) is 3. The van der Waals surface area contributed by atoms with E-state index < -0.39 is 0 Å². The largest absolute Gasteiger partial charge is 0.206 e. The van der Waals surface area contributed by atoms with E-state index in [9.17, 15) is 0 Å². The lowest BCUT2D eigenvalue weighted by molar-refractivity contribution is -0.570. The zero-order valence-electron chi connectivity index (χ0n) is 7.38. The lowest BCUT2D eigenvalue weighted by Gasteiger charge is -2.33. The van der Waals surface area contributed by atoms with Crippen molar-refractivity contribution >= 4 is 0 Å². The molecule has 0 amide bonds. The third kappa shape index (κ3) is 1.79. The van der Waals surface area contributed by atoms with Gasteiger partial charge in [-0.3, -0.25) is 0 Å². The standard InChI is InChI=1S/C9H16O3/c1-2-4-6-9(5-3-1)7-8-10-12-11-9/h1-8H2. The molecule has 1 saturated carbocycles. The normalized spacial score (nSPS) is 30.0. The van der Waals surface area contributed by atoms with Crippen molar-refractivity contribution in [3.05, 3.63) is 0 Å². The van der Waals surface area contributed by atoms with Crippen molar-refractivity contribution in [3.63, 3.8) is 0 Å². The minimum Gasteiger partial charge on any atom is -0.206 e. The van der Waals surface area contributed by atoms with Crippen LogP contribution in [0.4, 0.5) is 0 Å². The van der Waals surface area contributed by atoms with Crippen molar-refractivity contribution in [2.45, 2.75) is 50.5 Å². The molecule has 1 heterocycles. The number of rotatable bonds is 0. The molecule has 1 aliphatic carbocycles. The maximum atomic E-state index is 5.26. The van der Waals surface area contributed by atoms with E-state index in [0.29, 0.717) is 6.61 Å². The summed E-state index contributed by atoms with van der Waals surface area (Å²) < 4.78 is 0. The first kappa shape index (κ1) is 8.48. The molecule has 3 heteroatoms. The van der Waals surface area contributed by atoms with Crippen LogP contribution in [0.3, 0.4) is 0 Å². The molecule has 1 aliphatic heterocycles. The van der Waals surface area contributed by atoms with Crippen LogP contribution in [0, 0.1) is 0 Å². The third-order valence-electron chi connectivity index (χ3n) is 2.91. The number of hydrogen-bond donors (Lipinski definition) is 0. The molecule has 1 spiro atoms. The van der Waals surface area contributed by atoms with Crippen LogP contribution < -0.4 is 0 Å². The molecule has 0 aromatic heterocycles. The lowest BCUT2D eigenvalue weighted by atomic mass is 9.91. The molecule has 2 rings (SSSR count). The zero-order chi connectivity index (χ0) is 8.28. The molecule has 0 unspecified atom stereocenters. The van der Waals surface area contributed by atoms with Gasteiger partial charge in [-0.2, -0.15) is 4.89 Å². The van der Waals surface area contributed by atoms with E-state index in [1.165, 1.54) is 25.7 Å². The van der Waals surface area contributed by atoms with Crippen molar-refractivity contribution in [2.24, 2.45) is 0 Å². The predicted octanol–water partition coefficient (Wildman–Crippen LogP) is 2.36. The van der Waals surface area contributed by atoms with Gasteiger partial charge in [0, 0.05) is 6.42 Å². The van der Waals surface area contributed by atoms with Gasteiger partial charge in [-0.1, -0.05) is 30.7 Å². The van der Waals surface area contributed by atoms with Crippen LogP contribution in [0.2, 0.25) is 0 Å². The summed E-state index contributed by atoms with van der Waals surface area (Å²) in [4.78, 5) is 9.98. The Morgan fingerprint density at radius 1 is 0.833 bits per heavy atom. The maximum absolute atomic E-state index is 5.26. The van der Waals surface area contributed by atoms with Gasteiger partial charge in [-0.05, 0) is 12.8 Å². The molecule has 70 valence electrons. The summed E-state index contributed by atoms with van der Waals surface area (Å²) in [5.41, 5.74) is -0.00521. The molecule has 2 aliphatic rings. The molecule has 1 saturated heterocycles. The first-order valence-electron chi connectivity index (χ1n) is 4.89. The van der Waals surface area contributed by atoms with Gasteiger partial charge in [0.25, 0.3) is 0 Å². The fourth-order valence-electron chi connectivity index (χ4n) is 2.11. The molecular weight excluding hydrogens is 156 g/mol. The summed E-state index contributed by atoms with van der Waals surface area (Å²) in [5, 5.41) is 4.62. The highest BCUT2D eigenvalue weighted by Gasteiger charge is 2.36. The Kier molecular flexibility index (Phi) is 2.63. The van der Waals surface area contributed by atoms with Crippen LogP contribution in [0.25, 0.3) is 0 Å². The van der Waals surface area contributed by atoms with E-state index in [1.54, 1.807) is 0 Å². The van der Waals surface area contributed by atoms with Crippen molar-refractivity contribution < 1.29 is 14.8 Å². The van der Waals surface area contributed by atoms with Crippen molar-refractivity contribution in [1.29, 1.82) is 0 Å². The van der Waals surface area contributed by atoms with E-state index in [0.717, 1.165) is 19.3 Å². The van der Waals surface area contributed by atoms with E-state index >= 15 is 0 Å². The first-order chi connectivity index (χ1) is 5.91. The van der Waals surface area contributed by atoms with Gasteiger partial charge in [0.1, 0.15) is 5.60 Å². The average molecular weight is 172 g/mol. The van der Waals surface area contributed by atoms with Crippen LogP contribution in [0.1, 0.15) is 44.9 Å². The molecule has 0 aromatic carbocycles. The van der Waals surface area contributed by atoms with E-state index in [4.69, 9.17) is 9.78 Å². The van der Waals surface area contributed by atoms with Gasteiger partial charge in [-0.25, -0.2) is 4.89 Å². The topological polar surface area (TPSA) is 27.7 Å². The molecule has 0 radical (unpaired) electrons. The Hall–Kier alpha value is -0.120. The quantitative estimate of drug-likeness (QED) is 0.525. The summed E-state index contributed by atoms with van der Waals surface area (Å²) in [6, 6.07) is 0. The van der Waals surface area contributed by atoms with Crippen LogP contribution in [0.5, 0.6) is 0 Å². The van der Waals surface area contributed by atoms with Gasteiger partial charge >= 0.3 is 0 Å². The Balaban J connectivity index is 1.95. The second-order valence-corrected chi connectivity index (χ2v) is 3.82. The summed E-state index contributed by atoms with van der Waals surface area (Å²) in [5.74, 6) is 0. The van der Waals surface area contributed by atoms with Gasteiger partial charge < -0.3 is 0 Å².